The Morgan fingerprint density at radius 1 is 0.500 bits per heavy atom. The molecule has 0 amide bonds. The smallest absolute Gasteiger partial charge is 0.259 e. The third kappa shape index (κ3) is 4.23. The van der Waals surface area contributed by atoms with Crippen molar-refractivity contribution < 1.29 is 21.1 Å². The summed E-state index contributed by atoms with van der Waals surface area (Å²) in [5.41, 5.74) is 4.54. The minimum absolute atomic E-state index is 0. The molecule has 2 aromatic heterocycles. The van der Waals surface area contributed by atoms with Crippen molar-refractivity contribution in [2.24, 2.45) is 0 Å². The van der Waals surface area contributed by atoms with Crippen molar-refractivity contribution in [2.75, 3.05) is 0 Å². The van der Waals surface area contributed by atoms with Crippen molar-refractivity contribution >= 4 is 42.8 Å². The van der Waals surface area contributed by atoms with Crippen molar-refractivity contribution in [3.8, 4) is 20.9 Å². The van der Waals surface area contributed by atoms with Gasteiger partial charge in [-0.1, -0.05) is 33.7 Å². The van der Waals surface area contributed by atoms with Gasteiger partial charge in [-0.05, 0) is 6.42 Å². The summed E-state index contributed by atoms with van der Waals surface area (Å²) in [7, 11) is 0. The van der Waals surface area contributed by atoms with Gasteiger partial charge in [0.15, 0.2) is 0 Å². The second-order valence-corrected chi connectivity index (χ2v) is 9.57. The molecule has 0 saturated heterocycles. The second kappa shape index (κ2) is 9.16. The first-order valence-corrected chi connectivity index (χ1v) is 11.8. The molecule has 2 heterocycles. The van der Waals surface area contributed by atoms with Gasteiger partial charge in [0.25, 0.3) is 0 Å². The number of hydrogen-bond donors (Lipinski definition) is 0. The first-order valence-electron chi connectivity index (χ1n) is 10.2. The van der Waals surface area contributed by atoms with Gasteiger partial charge in [-0.25, -0.2) is 11.1 Å². The summed E-state index contributed by atoms with van der Waals surface area (Å²) in [6.07, 6.45) is 0.803. The second-order valence-electron chi connectivity index (χ2n) is 7.46. The third-order valence-electron chi connectivity index (χ3n) is 5.28. The molecule has 154 valence electrons. The Hall–Kier alpha value is -2.51. The van der Waals surface area contributed by atoms with Gasteiger partial charge < -0.3 is 0 Å². The van der Waals surface area contributed by atoms with Crippen LogP contribution in [0.5, 0.6) is 0 Å². The van der Waals surface area contributed by atoms with E-state index in [2.05, 4.69) is 109 Å². The first kappa shape index (κ1) is 21.3. The molecule has 0 N–H and O–H groups in total. The van der Waals surface area contributed by atoms with E-state index in [0.717, 1.165) is 38.4 Å². The van der Waals surface area contributed by atoms with Crippen molar-refractivity contribution in [3.05, 3.63) is 120 Å². The van der Waals surface area contributed by atoms with Gasteiger partial charge in [-0.3, -0.25) is 22.7 Å². The maximum absolute atomic E-state index is 3.60. The van der Waals surface area contributed by atoms with Crippen molar-refractivity contribution in [1.82, 2.24) is 0 Å². The molecule has 3 heteroatoms. The number of fused-ring (bicyclic) bond motifs is 2. The average molecular weight is 624 g/mol. The molecule has 0 nitrogen and oxygen atoms in total. The van der Waals surface area contributed by atoms with E-state index in [4.69, 9.17) is 0 Å². The molecule has 0 atom stereocenters. The van der Waals surface area contributed by atoms with Crippen LogP contribution in [-0.4, -0.2) is 0 Å². The first-order chi connectivity index (χ1) is 15.3. The molecule has 0 unspecified atom stereocenters. The van der Waals surface area contributed by atoms with E-state index in [-0.39, 0.29) is 21.1 Å². The summed E-state index contributed by atoms with van der Waals surface area (Å²) in [4.78, 5) is 2.28. The monoisotopic (exact) mass is 623 g/mol. The summed E-state index contributed by atoms with van der Waals surface area (Å²) in [5.74, 6) is 0. The van der Waals surface area contributed by atoms with Crippen molar-refractivity contribution in [1.29, 1.82) is 0 Å². The van der Waals surface area contributed by atoms with Crippen LogP contribution in [0.3, 0.4) is 0 Å². The van der Waals surface area contributed by atoms with Gasteiger partial charge in [-0.15, -0.1) is 68.1 Å². The molecule has 0 spiro atoms. The van der Waals surface area contributed by atoms with Crippen molar-refractivity contribution in [2.45, 2.75) is 6.42 Å². The standard InChI is InChI=1S/C29H16S2.Pt/c1-3-13-26-24(9-1)18-28(30-26)22-11-5-7-20(16-22)15-21-8-6-12-23(17-21)29-19-25-10-2-4-14-27(25)31-29;/h1-14H,15H2;/q-4;+4. The maximum Gasteiger partial charge on any atom is 4.00 e. The number of thiophene rings is 2. The Morgan fingerprint density at radius 2 is 0.969 bits per heavy atom. The SMILES string of the molecule is [Pt+4].[c-]1c(Cc2[c-]c(-c3[c-]c4ccccc4s3)ccc2)cccc1-c1[c-]c2ccccc2s1. The molecule has 0 bridgehead atoms. The minimum Gasteiger partial charge on any atom is -0.259 e. The predicted octanol–water partition coefficient (Wildman–Crippen LogP) is 8.24. The molecule has 0 aliphatic rings. The van der Waals surface area contributed by atoms with E-state index in [1.165, 1.54) is 20.2 Å². The van der Waals surface area contributed by atoms with E-state index in [0.29, 0.717) is 0 Å². The van der Waals surface area contributed by atoms with Crippen LogP contribution in [0.15, 0.2) is 84.9 Å². The fourth-order valence-corrected chi connectivity index (χ4v) is 5.76. The van der Waals surface area contributed by atoms with Crippen LogP contribution in [0, 0.1) is 24.3 Å². The van der Waals surface area contributed by atoms with E-state index < -0.39 is 0 Å². The van der Waals surface area contributed by atoms with Crippen LogP contribution in [-0.2, 0) is 27.5 Å². The number of rotatable bonds is 4. The Morgan fingerprint density at radius 3 is 1.44 bits per heavy atom. The fraction of sp³-hybridized carbons (Fsp3) is 0.0345. The molecule has 6 rings (SSSR count). The number of benzene rings is 4. The van der Waals surface area contributed by atoms with Gasteiger partial charge in [-0.2, -0.15) is 48.5 Å². The summed E-state index contributed by atoms with van der Waals surface area (Å²) in [6, 6.07) is 43.8. The molecule has 0 fully saturated rings. The van der Waals surface area contributed by atoms with Crippen LogP contribution in [0.4, 0.5) is 0 Å². The zero-order valence-electron chi connectivity index (χ0n) is 16.9. The molecule has 0 saturated carbocycles. The van der Waals surface area contributed by atoms with Crippen molar-refractivity contribution in [3.63, 3.8) is 0 Å². The molecular formula is C29H16PtS2. The minimum atomic E-state index is 0. The Bertz CT molecular complexity index is 1340. The zero-order chi connectivity index (χ0) is 20.6. The van der Waals surface area contributed by atoms with Gasteiger partial charge in [0.2, 0.25) is 0 Å². The molecule has 6 aromatic rings. The van der Waals surface area contributed by atoms with E-state index in [1.54, 1.807) is 22.7 Å². The van der Waals surface area contributed by atoms with Crippen LogP contribution >= 0.6 is 22.7 Å². The quantitative estimate of drug-likeness (QED) is 0.174. The zero-order valence-corrected chi connectivity index (χ0v) is 20.8. The van der Waals surface area contributed by atoms with Gasteiger partial charge >= 0.3 is 21.1 Å². The number of hydrogen-bond acceptors (Lipinski definition) is 2. The summed E-state index contributed by atoms with van der Waals surface area (Å²) in [6.45, 7) is 0. The summed E-state index contributed by atoms with van der Waals surface area (Å²) >= 11 is 3.54. The molecular weight excluding hydrogens is 608 g/mol. The van der Waals surface area contributed by atoms with E-state index in [9.17, 15) is 0 Å². The molecule has 0 radical (unpaired) electrons. The van der Waals surface area contributed by atoms with E-state index >= 15 is 0 Å². The Balaban J connectivity index is 0.00000216. The summed E-state index contributed by atoms with van der Waals surface area (Å²) in [5, 5.41) is 2.34. The predicted molar refractivity (Wildman–Crippen MR) is 133 cm³/mol. The van der Waals surface area contributed by atoms with Crippen LogP contribution in [0.1, 0.15) is 11.1 Å². The molecule has 0 aliphatic heterocycles. The Kier molecular flexibility index (Phi) is 6.11. The topological polar surface area (TPSA) is 0 Å². The average Bonchev–Trinajstić information content (AvgIpc) is 3.44. The third-order valence-corrected chi connectivity index (χ3v) is 7.48. The van der Waals surface area contributed by atoms with Crippen LogP contribution in [0.25, 0.3) is 41.1 Å². The van der Waals surface area contributed by atoms with Gasteiger partial charge in [0, 0.05) is 0 Å². The molecule has 32 heavy (non-hydrogen) atoms. The van der Waals surface area contributed by atoms with Crippen LogP contribution in [0.2, 0.25) is 0 Å². The van der Waals surface area contributed by atoms with Gasteiger partial charge in [0.1, 0.15) is 0 Å². The summed E-state index contributed by atoms with van der Waals surface area (Å²) < 4.78 is 2.52. The van der Waals surface area contributed by atoms with E-state index in [1.807, 2.05) is 0 Å². The van der Waals surface area contributed by atoms with Gasteiger partial charge in [0.05, 0.1) is 0 Å². The maximum atomic E-state index is 3.60. The fourth-order valence-electron chi connectivity index (χ4n) is 3.79. The normalized spacial score (nSPS) is 11.0. The largest absolute Gasteiger partial charge is 4.00 e. The Labute approximate surface area is 210 Å². The van der Waals surface area contributed by atoms with Crippen LogP contribution < -0.4 is 0 Å². The molecule has 0 aliphatic carbocycles. The molecule has 4 aromatic carbocycles.